The van der Waals surface area contributed by atoms with Gasteiger partial charge in [-0.05, 0) is 60.0 Å². The molecule has 4 aromatic rings. The van der Waals surface area contributed by atoms with Crippen molar-refractivity contribution >= 4 is 81.7 Å². The van der Waals surface area contributed by atoms with E-state index < -0.39 is 11.9 Å². The van der Waals surface area contributed by atoms with E-state index in [1.54, 1.807) is 36.5 Å². The van der Waals surface area contributed by atoms with Gasteiger partial charge in [-0.25, -0.2) is 9.59 Å². The molecular weight excluding hydrogens is 709 g/mol. The molecule has 2 aliphatic heterocycles. The van der Waals surface area contributed by atoms with Gasteiger partial charge >= 0.3 is 11.9 Å². The Hall–Kier alpha value is -2.42. The predicted octanol–water partition coefficient (Wildman–Crippen LogP) is 10.5. The minimum Gasteiger partial charge on any atom is -0.460 e. The van der Waals surface area contributed by atoms with Crippen LogP contribution in [0.2, 0.25) is 0 Å². The Morgan fingerprint density at radius 3 is 1.51 bits per heavy atom. The molecule has 4 heterocycles. The molecule has 6 rings (SSSR count). The molecule has 0 fully saturated rings. The quantitative estimate of drug-likeness (QED) is 0.0540. The van der Waals surface area contributed by atoms with Gasteiger partial charge in [-0.3, -0.25) is 0 Å². The fourth-order valence-corrected chi connectivity index (χ4v) is 13.3. The molecule has 244 valence electrons. The number of thioether (sulfide) groups is 4. The standard InChI is InChI=1S/C35H32O6S6/c1-20(2)32(36)40-14-13-38-15-22-17-42-30(34-44-24-9-5-6-10-25(24)45-34)28(22)29-23(16-39-19-41-33(37)21(3)4)18-43-31(29)35-46-26-11-7-8-12-27(26)47-35/h5-12,17-18,34-35H,1,3,13-16,19H2,2,4H3. The molecule has 0 radical (unpaired) electrons. The Morgan fingerprint density at radius 1 is 0.638 bits per heavy atom. The molecule has 0 unspecified atom stereocenters. The van der Waals surface area contributed by atoms with Crippen LogP contribution in [0.5, 0.6) is 0 Å². The third-order valence-corrected chi connectivity index (χ3v) is 15.5. The lowest BCUT2D eigenvalue weighted by atomic mass is 9.99. The van der Waals surface area contributed by atoms with Crippen LogP contribution in [0.15, 0.2) is 103 Å². The van der Waals surface area contributed by atoms with E-state index in [9.17, 15) is 9.59 Å². The maximum atomic E-state index is 12.0. The second-order valence-electron chi connectivity index (χ2n) is 10.7. The molecule has 2 aliphatic rings. The molecule has 0 atom stereocenters. The van der Waals surface area contributed by atoms with Gasteiger partial charge in [0.25, 0.3) is 0 Å². The summed E-state index contributed by atoms with van der Waals surface area (Å²) in [4.78, 5) is 31.5. The highest BCUT2D eigenvalue weighted by Crippen LogP contribution is 2.63. The number of fused-ring (bicyclic) bond motifs is 2. The number of hydrogen-bond donors (Lipinski definition) is 0. The molecule has 0 spiro atoms. The molecule has 0 amide bonds. The van der Waals surface area contributed by atoms with Crippen molar-refractivity contribution in [1.82, 2.24) is 0 Å². The van der Waals surface area contributed by atoms with Gasteiger partial charge in [0, 0.05) is 51.6 Å². The fraction of sp³-hybridized carbons (Fsp3) is 0.257. The molecule has 0 aliphatic carbocycles. The third kappa shape index (κ3) is 8.08. The van der Waals surface area contributed by atoms with Crippen molar-refractivity contribution in [1.29, 1.82) is 0 Å². The Balaban J connectivity index is 1.33. The Bertz CT molecular complexity index is 1760. The van der Waals surface area contributed by atoms with E-state index in [4.69, 9.17) is 18.9 Å². The van der Waals surface area contributed by atoms with E-state index in [1.165, 1.54) is 29.3 Å². The summed E-state index contributed by atoms with van der Waals surface area (Å²) in [6.07, 6.45) is 0. The van der Waals surface area contributed by atoms with Gasteiger partial charge in [-0.15, -0.1) is 69.7 Å². The first-order valence-electron chi connectivity index (χ1n) is 14.7. The maximum Gasteiger partial charge on any atom is 0.335 e. The number of esters is 2. The number of rotatable bonds is 14. The monoisotopic (exact) mass is 740 g/mol. The predicted molar refractivity (Wildman–Crippen MR) is 195 cm³/mol. The normalized spacial score (nSPS) is 14.2. The summed E-state index contributed by atoms with van der Waals surface area (Å²) in [5, 5.41) is 4.36. The Labute approximate surface area is 299 Å². The molecule has 0 saturated heterocycles. The zero-order valence-corrected chi connectivity index (χ0v) is 30.7. The van der Waals surface area contributed by atoms with Gasteiger partial charge < -0.3 is 18.9 Å². The molecule has 0 N–H and O–H groups in total. The summed E-state index contributed by atoms with van der Waals surface area (Å²) in [6, 6.07) is 17.1. The highest BCUT2D eigenvalue weighted by Gasteiger charge is 2.35. The van der Waals surface area contributed by atoms with Crippen molar-refractivity contribution in [3.63, 3.8) is 0 Å². The van der Waals surface area contributed by atoms with Crippen molar-refractivity contribution in [2.24, 2.45) is 0 Å². The van der Waals surface area contributed by atoms with Crippen LogP contribution in [-0.2, 0) is 41.8 Å². The van der Waals surface area contributed by atoms with E-state index in [0.29, 0.717) is 17.8 Å². The molecule has 0 bridgehead atoms. The smallest absolute Gasteiger partial charge is 0.335 e. The number of carbonyl (C=O) groups excluding carboxylic acids is 2. The molecular formula is C35H32O6S6. The number of carbonyl (C=O) groups is 2. The molecule has 47 heavy (non-hydrogen) atoms. The Morgan fingerprint density at radius 2 is 1.06 bits per heavy atom. The molecule has 2 aromatic carbocycles. The van der Waals surface area contributed by atoms with Crippen LogP contribution >= 0.6 is 69.7 Å². The van der Waals surface area contributed by atoms with Gasteiger partial charge in [-0.1, -0.05) is 37.4 Å². The van der Waals surface area contributed by atoms with Crippen molar-refractivity contribution in [2.45, 2.75) is 55.8 Å². The average Bonchev–Trinajstić information content (AvgIpc) is 3.86. The lowest BCUT2D eigenvalue weighted by Gasteiger charge is -2.17. The first kappa shape index (κ1) is 34.4. The van der Waals surface area contributed by atoms with E-state index in [0.717, 1.165) is 22.3 Å². The molecule has 2 aromatic heterocycles. The Kier molecular flexibility index (Phi) is 11.6. The van der Waals surface area contributed by atoms with Gasteiger partial charge in [-0.2, -0.15) is 0 Å². The van der Waals surface area contributed by atoms with Crippen LogP contribution in [-0.4, -0.2) is 31.9 Å². The minimum absolute atomic E-state index is 0.154. The minimum atomic E-state index is -0.476. The lowest BCUT2D eigenvalue weighted by Crippen LogP contribution is -2.11. The molecule has 0 saturated carbocycles. The zero-order chi connectivity index (χ0) is 32.9. The van der Waals surface area contributed by atoms with Crippen LogP contribution in [0.3, 0.4) is 0 Å². The van der Waals surface area contributed by atoms with Gasteiger partial charge in [0.1, 0.15) is 6.61 Å². The SMILES string of the molecule is C=C(C)C(=O)OCCOCc1csc(C2Sc3ccccc3S2)c1-c1c(COCOC(=O)C(=C)C)csc1C1Sc2ccccc2S1. The second kappa shape index (κ2) is 15.9. The molecule has 6 nitrogen and oxygen atoms in total. The highest BCUT2D eigenvalue weighted by atomic mass is 32.2. The average molecular weight is 741 g/mol. The summed E-state index contributed by atoms with van der Waals surface area (Å²) in [5.74, 6) is -0.896. The van der Waals surface area contributed by atoms with Crippen LogP contribution in [0.25, 0.3) is 11.1 Å². The number of hydrogen-bond acceptors (Lipinski definition) is 12. The first-order chi connectivity index (χ1) is 22.8. The van der Waals surface area contributed by atoms with Crippen molar-refractivity contribution in [2.75, 3.05) is 20.0 Å². The first-order valence-corrected chi connectivity index (χ1v) is 19.9. The summed E-state index contributed by atoms with van der Waals surface area (Å²) >= 11 is 11.0. The largest absolute Gasteiger partial charge is 0.460 e. The van der Waals surface area contributed by atoms with Crippen molar-refractivity contribution in [3.8, 4) is 11.1 Å². The van der Waals surface area contributed by atoms with E-state index >= 15 is 0 Å². The van der Waals surface area contributed by atoms with Crippen LogP contribution in [0.4, 0.5) is 0 Å². The topological polar surface area (TPSA) is 71.1 Å². The lowest BCUT2D eigenvalue weighted by molar-refractivity contribution is -0.152. The second-order valence-corrected chi connectivity index (χ2v) is 17.7. The fourth-order valence-electron chi connectivity index (χ4n) is 4.83. The number of ether oxygens (including phenoxy) is 4. The number of benzene rings is 2. The zero-order valence-electron chi connectivity index (χ0n) is 25.8. The van der Waals surface area contributed by atoms with Gasteiger partial charge in [0.2, 0.25) is 0 Å². The van der Waals surface area contributed by atoms with Crippen LogP contribution < -0.4 is 0 Å². The maximum absolute atomic E-state index is 12.0. The van der Waals surface area contributed by atoms with Crippen LogP contribution in [0.1, 0.15) is 43.9 Å². The van der Waals surface area contributed by atoms with Crippen LogP contribution in [0, 0.1) is 0 Å². The summed E-state index contributed by atoms with van der Waals surface area (Å²) in [6.45, 7) is 11.4. The third-order valence-electron chi connectivity index (χ3n) is 7.05. The highest BCUT2D eigenvalue weighted by molar-refractivity contribution is 8.19. The van der Waals surface area contributed by atoms with Gasteiger partial charge in [0.15, 0.2) is 6.79 Å². The number of thiophene rings is 2. The summed E-state index contributed by atoms with van der Waals surface area (Å²) in [7, 11) is 0. The van der Waals surface area contributed by atoms with Crippen molar-refractivity contribution < 1.29 is 28.5 Å². The van der Waals surface area contributed by atoms with E-state index in [2.05, 4.69) is 72.4 Å². The summed E-state index contributed by atoms with van der Waals surface area (Å²) < 4.78 is 22.9. The van der Waals surface area contributed by atoms with Gasteiger partial charge in [0.05, 0.1) is 29.0 Å². The van der Waals surface area contributed by atoms with E-state index in [-0.39, 0.29) is 35.8 Å². The van der Waals surface area contributed by atoms with E-state index in [1.807, 2.05) is 47.0 Å². The summed E-state index contributed by atoms with van der Waals surface area (Å²) in [5.41, 5.74) is 5.12. The van der Waals surface area contributed by atoms with Crippen molar-refractivity contribution in [3.05, 3.63) is 104 Å². The molecule has 12 heteroatoms.